The number of hydrogen-bond donors (Lipinski definition) is 2. The molecule has 2 N–H and O–H groups in total. The fraction of sp³-hybridized carbons (Fsp3) is 0.471. The Morgan fingerprint density at radius 3 is 2.90 bits per heavy atom. The first-order valence-corrected chi connectivity index (χ1v) is 7.42. The van der Waals surface area contributed by atoms with Crippen molar-refractivity contribution >= 4 is 0 Å². The smallest absolute Gasteiger partial charge is 0.0534 e. The van der Waals surface area contributed by atoms with Gasteiger partial charge in [-0.25, -0.2) is 0 Å². The highest BCUT2D eigenvalue weighted by atomic mass is 15.1. The van der Waals surface area contributed by atoms with Gasteiger partial charge in [0.1, 0.15) is 0 Å². The molecule has 1 heterocycles. The van der Waals surface area contributed by atoms with Crippen molar-refractivity contribution in [2.24, 2.45) is 0 Å². The Morgan fingerprint density at radius 2 is 2.15 bits per heavy atom. The molecule has 2 unspecified atom stereocenters. The number of benzene rings is 1. The summed E-state index contributed by atoms with van der Waals surface area (Å²) in [6, 6.07) is 9.61. The minimum Gasteiger partial charge on any atom is -0.303 e. The average molecular weight is 269 g/mol. The molecule has 0 spiro atoms. The maximum absolute atomic E-state index is 4.04. The Morgan fingerprint density at radius 1 is 1.35 bits per heavy atom. The minimum atomic E-state index is 0.285. The van der Waals surface area contributed by atoms with Crippen LogP contribution < -0.4 is 5.32 Å². The zero-order valence-corrected chi connectivity index (χ0v) is 12.5. The Balaban J connectivity index is 1.85. The topological polar surface area (TPSA) is 40.7 Å². The lowest BCUT2D eigenvalue weighted by atomic mass is 9.71. The van der Waals surface area contributed by atoms with Crippen LogP contribution in [0.2, 0.25) is 0 Å². The molecule has 3 nitrogen and oxygen atoms in total. The molecule has 0 saturated carbocycles. The van der Waals surface area contributed by atoms with Gasteiger partial charge in [0.2, 0.25) is 0 Å². The lowest BCUT2D eigenvalue weighted by Crippen LogP contribution is -2.33. The zero-order valence-electron chi connectivity index (χ0n) is 12.5. The van der Waals surface area contributed by atoms with E-state index in [1.165, 1.54) is 29.5 Å². The molecule has 2 atom stereocenters. The van der Waals surface area contributed by atoms with E-state index in [9.17, 15) is 0 Å². The first-order chi connectivity index (χ1) is 9.58. The van der Waals surface area contributed by atoms with Crippen molar-refractivity contribution in [2.75, 3.05) is 0 Å². The van der Waals surface area contributed by atoms with Gasteiger partial charge in [-0.2, -0.15) is 5.10 Å². The van der Waals surface area contributed by atoms with Gasteiger partial charge in [-0.1, -0.05) is 38.1 Å². The van der Waals surface area contributed by atoms with Crippen LogP contribution in [0.5, 0.6) is 0 Å². The molecule has 0 radical (unpaired) electrons. The highest BCUT2D eigenvalue weighted by molar-refractivity contribution is 5.38. The quantitative estimate of drug-likeness (QED) is 0.888. The molecule has 1 aromatic carbocycles. The van der Waals surface area contributed by atoms with Crippen LogP contribution in [0, 0.1) is 0 Å². The third kappa shape index (κ3) is 2.38. The van der Waals surface area contributed by atoms with Crippen molar-refractivity contribution in [2.45, 2.75) is 51.1 Å². The molecule has 1 aliphatic rings. The number of aromatic nitrogens is 2. The van der Waals surface area contributed by atoms with Gasteiger partial charge in [0.15, 0.2) is 0 Å². The van der Waals surface area contributed by atoms with Crippen molar-refractivity contribution in [1.82, 2.24) is 15.5 Å². The third-order valence-electron chi connectivity index (χ3n) is 4.59. The normalized spacial score (nSPS) is 22.2. The Labute approximate surface area is 120 Å². The number of hydrogen-bond acceptors (Lipinski definition) is 2. The van der Waals surface area contributed by atoms with E-state index in [4.69, 9.17) is 0 Å². The average Bonchev–Trinajstić information content (AvgIpc) is 2.96. The largest absolute Gasteiger partial charge is 0.303 e. The highest BCUT2D eigenvalue weighted by Crippen LogP contribution is 2.41. The molecular weight excluding hydrogens is 246 g/mol. The molecule has 20 heavy (non-hydrogen) atoms. The van der Waals surface area contributed by atoms with Crippen LogP contribution in [0.3, 0.4) is 0 Å². The van der Waals surface area contributed by atoms with Gasteiger partial charge < -0.3 is 5.32 Å². The number of rotatable bonds is 3. The number of H-pyrrole nitrogens is 1. The van der Waals surface area contributed by atoms with E-state index < -0.39 is 0 Å². The van der Waals surface area contributed by atoms with E-state index in [1.807, 2.05) is 12.4 Å². The van der Waals surface area contributed by atoms with Gasteiger partial charge in [-0.15, -0.1) is 0 Å². The van der Waals surface area contributed by atoms with Gasteiger partial charge in [-0.3, -0.25) is 5.10 Å². The van der Waals surface area contributed by atoms with Crippen LogP contribution in [-0.2, 0) is 5.41 Å². The molecule has 106 valence electrons. The highest BCUT2D eigenvalue weighted by Gasteiger charge is 2.32. The lowest BCUT2D eigenvalue weighted by Gasteiger charge is -2.38. The van der Waals surface area contributed by atoms with Crippen LogP contribution in [0.1, 0.15) is 62.4 Å². The summed E-state index contributed by atoms with van der Waals surface area (Å²) in [7, 11) is 0. The number of nitrogens with one attached hydrogen (secondary N) is 2. The molecule has 1 aliphatic carbocycles. The van der Waals surface area contributed by atoms with Crippen LogP contribution in [0.15, 0.2) is 36.7 Å². The number of fused-ring (bicyclic) bond motifs is 1. The minimum absolute atomic E-state index is 0.285. The monoisotopic (exact) mass is 269 g/mol. The SMILES string of the molecule is CC(NC1CCC(C)(C)c2ccccc21)c1cn[nH]c1. The molecule has 0 amide bonds. The van der Waals surface area contributed by atoms with E-state index in [2.05, 4.69) is 60.6 Å². The first-order valence-electron chi connectivity index (χ1n) is 7.42. The van der Waals surface area contributed by atoms with E-state index in [0.717, 1.165) is 0 Å². The van der Waals surface area contributed by atoms with Crippen LogP contribution in [0.4, 0.5) is 0 Å². The summed E-state index contributed by atoms with van der Waals surface area (Å²) in [5.41, 5.74) is 4.45. The Hall–Kier alpha value is -1.61. The van der Waals surface area contributed by atoms with Gasteiger partial charge in [0.05, 0.1) is 6.20 Å². The second-order valence-corrected chi connectivity index (χ2v) is 6.48. The number of nitrogens with zero attached hydrogens (tertiary/aromatic N) is 1. The standard InChI is InChI=1S/C17H23N3/c1-12(13-10-18-19-11-13)20-16-8-9-17(2,3)15-7-5-4-6-14(15)16/h4-7,10-12,16,20H,8-9H2,1-3H3,(H,18,19). The molecule has 2 aromatic rings. The van der Waals surface area contributed by atoms with E-state index in [1.54, 1.807) is 0 Å². The predicted molar refractivity (Wildman–Crippen MR) is 81.6 cm³/mol. The fourth-order valence-electron chi connectivity index (χ4n) is 3.28. The molecule has 3 heteroatoms. The second kappa shape index (κ2) is 5.06. The first kappa shape index (κ1) is 13.4. The fourth-order valence-corrected chi connectivity index (χ4v) is 3.28. The molecule has 1 aromatic heterocycles. The van der Waals surface area contributed by atoms with E-state index in [-0.39, 0.29) is 5.41 Å². The summed E-state index contributed by atoms with van der Waals surface area (Å²) >= 11 is 0. The summed E-state index contributed by atoms with van der Waals surface area (Å²) in [6.45, 7) is 6.90. The van der Waals surface area contributed by atoms with Crippen molar-refractivity contribution in [3.8, 4) is 0 Å². The van der Waals surface area contributed by atoms with E-state index >= 15 is 0 Å². The molecule has 0 bridgehead atoms. The summed E-state index contributed by atoms with van der Waals surface area (Å²) in [5, 5.41) is 10.7. The molecule has 0 fully saturated rings. The zero-order chi connectivity index (χ0) is 14.2. The van der Waals surface area contributed by atoms with Crippen LogP contribution >= 0.6 is 0 Å². The van der Waals surface area contributed by atoms with Gasteiger partial charge in [-0.05, 0) is 36.3 Å². The molecular formula is C17H23N3. The van der Waals surface area contributed by atoms with Crippen molar-refractivity contribution in [1.29, 1.82) is 0 Å². The molecule has 0 aliphatic heterocycles. The lowest BCUT2D eigenvalue weighted by molar-refractivity contribution is 0.340. The van der Waals surface area contributed by atoms with Crippen LogP contribution in [-0.4, -0.2) is 10.2 Å². The summed E-state index contributed by atoms with van der Waals surface area (Å²) in [4.78, 5) is 0. The van der Waals surface area contributed by atoms with Crippen molar-refractivity contribution in [3.05, 3.63) is 53.3 Å². The molecule has 3 rings (SSSR count). The van der Waals surface area contributed by atoms with Gasteiger partial charge in [0, 0.05) is 23.8 Å². The van der Waals surface area contributed by atoms with Crippen molar-refractivity contribution < 1.29 is 0 Å². The van der Waals surface area contributed by atoms with Crippen LogP contribution in [0.25, 0.3) is 0 Å². The summed E-state index contributed by atoms with van der Waals surface area (Å²) < 4.78 is 0. The maximum atomic E-state index is 4.04. The predicted octanol–water partition coefficient (Wildman–Crippen LogP) is 3.87. The third-order valence-corrected chi connectivity index (χ3v) is 4.59. The maximum Gasteiger partial charge on any atom is 0.0534 e. The number of aromatic amines is 1. The molecule has 0 saturated heterocycles. The summed E-state index contributed by atoms with van der Waals surface area (Å²) in [6.07, 6.45) is 6.28. The Kier molecular flexibility index (Phi) is 3.38. The van der Waals surface area contributed by atoms with Gasteiger partial charge >= 0.3 is 0 Å². The van der Waals surface area contributed by atoms with Crippen molar-refractivity contribution in [3.63, 3.8) is 0 Å². The van der Waals surface area contributed by atoms with Gasteiger partial charge in [0.25, 0.3) is 0 Å². The Bertz CT molecular complexity index is 572. The second-order valence-electron chi connectivity index (χ2n) is 6.48. The van der Waals surface area contributed by atoms with E-state index in [0.29, 0.717) is 12.1 Å². The summed E-state index contributed by atoms with van der Waals surface area (Å²) in [5.74, 6) is 0.